The highest BCUT2D eigenvalue weighted by atomic mass is 19.1. The molecule has 23 heavy (non-hydrogen) atoms. The topological polar surface area (TPSA) is 58.2 Å². The summed E-state index contributed by atoms with van der Waals surface area (Å²) in [6, 6.07) is 13.4. The summed E-state index contributed by atoms with van der Waals surface area (Å²) in [5.41, 5.74) is 1.96. The van der Waals surface area contributed by atoms with E-state index in [-0.39, 0.29) is 23.4 Å². The number of halogens is 1. The van der Waals surface area contributed by atoms with Crippen molar-refractivity contribution in [3.8, 4) is 0 Å². The molecule has 0 saturated heterocycles. The molecule has 4 nitrogen and oxygen atoms in total. The SMILES string of the molecule is Cc1ccc(NC(=O)C2CC2C(=O)Nc2ccccc2F)cc1. The van der Waals surface area contributed by atoms with Crippen LogP contribution in [0.25, 0.3) is 0 Å². The van der Waals surface area contributed by atoms with Crippen molar-refractivity contribution in [2.45, 2.75) is 13.3 Å². The fourth-order valence-electron chi connectivity index (χ4n) is 2.43. The Labute approximate surface area is 133 Å². The summed E-state index contributed by atoms with van der Waals surface area (Å²) in [4.78, 5) is 24.2. The quantitative estimate of drug-likeness (QED) is 0.909. The summed E-state index contributed by atoms with van der Waals surface area (Å²) in [6.45, 7) is 1.97. The predicted octanol–water partition coefficient (Wildman–Crippen LogP) is 3.35. The molecule has 2 atom stereocenters. The van der Waals surface area contributed by atoms with Gasteiger partial charge in [-0.2, -0.15) is 0 Å². The van der Waals surface area contributed by atoms with Crippen LogP contribution in [0.4, 0.5) is 15.8 Å². The van der Waals surface area contributed by atoms with Crippen LogP contribution in [-0.2, 0) is 9.59 Å². The van der Waals surface area contributed by atoms with Crippen molar-refractivity contribution >= 4 is 23.2 Å². The summed E-state index contributed by atoms with van der Waals surface area (Å²) >= 11 is 0. The van der Waals surface area contributed by atoms with Crippen molar-refractivity contribution in [2.24, 2.45) is 11.8 Å². The molecule has 0 spiro atoms. The van der Waals surface area contributed by atoms with E-state index < -0.39 is 11.7 Å². The minimum absolute atomic E-state index is 0.141. The molecule has 1 saturated carbocycles. The highest BCUT2D eigenvalue weighted by Crippen LogP contribution is 2.40. The van der Waals surface area contributed by atoms with Gasteiger partial charge in [-0.15, -0.1) is 0 Å². The zero-order chi connectivity index (χ0) is 16.4. The molecule has 1 fully saturated rings. The maximum atomic E-state index is 13.5. The van der Waals surface area contributed by atoms with Gasteiger partial charge in [-0.1, -0.05) is 29.8 Å². The first-order valence-electron chi connectivity index (χ1n) is 7.47. The van der Waals surface area contributed by atoms with Gasteiger partial charge in [-0.25, -0.2) is 4.39 Å². The van der Waals surface area contributed by atoms with Crippen molar-refractivity contribution in [3.63, 3.8) is 0 Å². The number of hydrogen-bond donors (Lipinski definition) is 2. The third-order valence-corrected chi connectivity index (χ3v) is 3.91. The molecule has 5 heteroatoms. The van der Waals surface area contributed by atoms with Gasteiger partial charge >= 0.3 is 0 Å². The molecular weight excluding hydrogens is 295 g/mol. The third kappa shape index (κ3) is 3.56. The van der Waals surface area contributed by atoms with Crippen LogP contribution < -0.4 is 10.6 Å². The van der Waals surface area contributed by atoms with Gasteiger partial charge in [-0.3, -0.25) is 9.59 Å². The molecule has 118 valence electrons. The Balaban J connectivity index is 1.56. The number of carbonyl (C=O) groups excluding carboxylic acids is 2. The van der Waals surface area contributed by atoms with E-state index in [1.807, 2.05) is 31.2 Å². The van der Waals surface area contributed by atoms with Crippen LogP contribution in [0.3, 0.4) is 0 Å². The first kappa shape index (κ1) is 15.2. The van der Waals surface area contributed by atoms with Crippen LogP contribution >= 0.6 is 0 Å². The van der Waals surface area contributed by atoms with Gasteiger partial charge in [0.15, 0.2) is 0 Å². The van der Waals surface area contributed by atoms with Crippen LogP contribution in [0.2, 0.25) is 0 Å². The first-order chi connectivity index (χ1) is 11.0. The molecule has 2 unspecified atom stereocenters. The number of nitrogens with one attached hydrogen (secondary N) is 2. The summed E-state index contributed by atoms with van der Waals surface area (Å²) in [5.74, 6) is -1.74. The van der Waals surface area contributed by atoms with E-state index in [0.717, 1.165) is 5.56 Å². The molecule has 2 N–H and O–H groups in total. The maximum absolute atomic E-state index is 13.5. The summed E-state index contributed by atoms with van der Waals surface area (Å²) in [6.07, 6.45) is 0.484. The zero-order valence-corrected chi connectivity index (χ0v) is 12.7. The number of benzene rings is 2. The second-order valence-electron chi connectivity index (χ2n) is 5.77. The molecule has 1 aliphatic carbocycles. The maximum Gasteiger partial charge on any atom is 0.228 e. The van der Waals surface area contributed by atoms with E-state index in [1.54, 1.807) is 12.1 Å². The molecule has 3 rings (SSSR count). The molecule has 0 aromatic heterocycles. The lowest BCUT2D eigenvalue weighted by atomic mass is 10.2. The predicted molar refractivity (Wildman–Crippen MR) is 86.4 cm³/mol. The van der Waals surface area contributed by atoms with E-state index in [1.165, 1.54) is 12.1 Å². The highest BCUT2D eigenvalue weighted by molar-refractivity contribution is 6.03. The average molecular weight is 312 g/mol. The van der Waals surface area contributed by atoms with Crippen molar-refractivity contribution < 1.29 is 14.0 Å². The summed E-state index contributed by atoms with van der Waals surface area (Å²) in [5, 5.41) is 5.33. The van der Waals surface area contributed by atoms with Crippen molar-refractivity contribution in [3.05, 3.63) is 59.9 Å². The van der Waals surface area contributed by atoms with Crippen LogP contribution in [0.15, 0.2) is 48.5 Å². The van der Waals surface area contributed by atoms with E-state index in [0.29, 0.717) is 12.1 Å². The average Bonchev–Trinajstić information content (AvgIpc) is 3.32. The van der Waals surface area contributed by atoms with Gasteiger partial charge in [0.1, 0.15) is 5.82 Å². The van der Waals surface area contributed by atoms with Gasteiger partial charge in [-0.05, 0) is 37.6 Å². The molecule has 0 heterocycles. The first-order valence-corrected chi connectivity index (χ1v) is 7.47. The van der Waals surface area contributed by atoms with Crippen molar-refractivity contribution in [2.75, 3.05) is 10.6 Å². The molecule has 1 aliphatic rings. The van der Waals surface area contributed by atoms with Gasteiger partial charge in [0, 0.05) is 5.69 Å². The minimum atomic E-state index is -0.484. The lowest BCUT2D eigenvalue weighted by Gasteiger charge is -2.07. The lowest BCUT2D eigenvalue weighted by Crippen LogP contribution is -2.21. The molecule has 0 aliphatic heterocycles. The fraction of sp³-hybridized carbons (Fsp3) is 0.222. The standard InChI is InChI=1S/C18H17FN2O2/c1-11-6-8-12(9-7-11)20-17(22)13-10-14(13)18(23)21-16-5-3-2-4-15(16)19/h2-9,13-14H,10H2,1H3,(H,20,22)(H,21,23). The second-order valence-corrected chi connectivity index (χ2v) is 5.77. The summed E-state index contributed by atoms with van der Waals surface area (Å²) in [7, 11) is 0. The Kier molecular flexibility index (Phi) is 4.10. The number of hydrogen-bond acceptors (Lipinski definition) is 2. The van der Waals surface area contributed by atoms with E-state index in [2.05, 4.69) is 10.6 Å². The van der Waals surface area contributed by atoms with Gasteiger partial charge in [0.2, 0.25) is 11.8 Å². The lowest BCUT2D eigenvalue weighted by molar-refractivity contribution is -0.122. The molecule has 0 radical (unpaired) electrons. The monoisotopic (exact) mass is 312 g/mol. The minimum Gasteiger partial charge on any atom is -0.326 e. The van der Waals surface area contributed by atoms with Crippen molar-refractivity contribution in [1.29, 1.82) is 0 Å². The molecule has 2 aromatic carbocycles. The normalized spacial score (nSPS) is 19.0. The molecule has 2 aromatic rings. The van der Waals surface area contributed by atoms with Crippen LogP contribution in [0.5, 0.6) is 0 Å². The van der Waals surface area contributed by atoms with Crippen LogP contribution in [0, 0.1) is 24.6 Å². The highest BCUT2D eigenvalue weighted by Gasteiger charge is 2.48. The van der Waals surface area contributed by atoms with Crippen molar-refractivity contribution in [1.82, 2.24) is 0 Å². The number of rotatable bonds is 4. The smallest absolute Gasteiger partial charge is 0.228 e. The van der Waals surface area contributed by atoms with Gasteiger partial charge < -0.3 is 10.6 Å². The number of aryl methyl sites for hydroxylation is 1. The van der Waals surface area contributed by atoms with E-state index >= 15 is 0 Å². The van der Waals surface area contributed by atoms with Crippen LogP contribution in [-0.4, -0.2) is 11.8 Å². The second kappa shape index (κ2) is 6.20. The summed E-state index contributed by atoms with van der Waals surface area (Å²) < 4.78 is 13.5. The molecule has 2 amide bonds. The van der Waals surface area contributed by atoms with Gasteiger partial charge in [0.25, 0.3) is 0 Å². The van der Waals surface area contributed by atoms with E-state index in [4.69, 9.17) is 0 Å². The number of anilines is 2. The third-order valence-electron chi connectivity index (χ3n) is 3.91. The molecule has 0 bridgehead atoms. The Morgan fingerprint density at radius 1 is 0.957 bits per heavy atom. The Morgan fingerprint density at radius 3 is 2.22 bits per heavy atom. The molecular formula is C18H17FN2O2. The Hall–Kier alpha value is -2.69. The largest absolute Gasteiger partial charge is 0.326 e. The number of carbonyl (C=O) groups is 2. The Bertz CT molecular complexity index is 743. The number of amides is 2. The van der Waals surface area contributed by atoms with Crippen LogP contribution in [0.1, 0.15) is 12.0 Å². The number of para-hydroxylation sites is 1. The Morgan fingerprint density at radius 2 is 1.57 bits per heavy atom. The van der Waals surface area contributed by atoms with Gasteiger partial charge in [0.05, 0.1) is 17.5 Å². The fourth-order valence-corrected chi connectivity index (χ4v) is 2.43. The van der Waals surface area contributed by atoms with E-state index in [9.17, 15) is 14.0 Å². The zero-order valence-electron chi connectivity index (χ0n) is 12.7.